The standard InChI is InChI=1S/C14H20BrNO/c1-17-13-6-5-12(15)9-11(13)10-14(16)7-3-2-4-8-14/h5-6,9H,2-4,7-8,10,16H2,1H3. The third kappa shape index (κ3) is 3.23. The summed E-state index contributed by atoms with van der Waals surface area (Å²) in [5.41, 5.74) is 7.67. The fourth-order valence-electron chi connectivity index (χ4n) is 2.70. The van der Waals surface area contributed by atoms with Crippen LogP contribution in [-0.2, 0) is 6.42 Å². The van der Waals surface area contributed by atoms with Gasteiger partial charge in [0.05, 0.1) is 7.11 Å². The van der Waals surface area contributed by atoms with Gasteiger partial charge in [-0.2, -0.15) is 0 Å². The highest BCUT2D eigenvalue weighted by molar-refractivity contribution is 9.10. The summed E-state index contributed by atoms with van der Waals surface area (Å²) in [5, 5.41) is 0. The van der Waals surface area contributed by atoms with Crippen LogP contribution >= 0.6 is 15.9 Å². The maximum Gasteiger partial charge on any atom is 0.122 e. The lowest BCUT2D eigenvalue weighted by Crippen LogP contribution is -2.43. The molecule has 0 bridgehead atoms. The molecule has 0 aliphatic heterocycles. The first kappa shape index (κ1) is 12.9. The van der Waals surface area contributed by atoms with Crippen LogP contribution < -0.4 is 10.5 Å². The van der Waals surface area contributed by atoms with E-state index in [1.807, 2.05) is 12.1 Å². The van der Waals surface area contributed by atoms with Gasteiger partial charge in [0.2, 0.25) is 0 Å². The first-order valence-electron chi connectivity index (χ1n) is 6.24. The van der Waals surface area contributed by atoms with E-state index in [-0.39, 0.29) is 5.54 Å². The SMILES string of the molecule is COc1ccc(Br)cc1CC1(N)CCCCC1. The maximum atomic E-state index is 6.49. The first-order chi connectivity index (χ1) is 8.13. The van der Waals surface area contributed by atoms with Crippen LogP contribution in [0.15, 0.2) is 22.7 Å². The molecule has 1 aromatic carbocycles. The van der Waals surface area contributed by atoms with Gasteiger partial charge in [0, 0.05) is 10.0 Å². The van der Waals surface area contributed by atoms with Gasteiger partial charge in [-0.1, -0.05) is 35.2 Å². The second-order valence-corrected chi connectivity index (χ2v) is 5.97. The summed E-state index contributed by atoms with van der Waals surface area (Å²) in [6.07, 6.45) is 7.01. The Hall–Kier alpha value is -0.540. The van der Waals surface area contributed by atoms with E-state index in [1.54, 1.807) is 7.11 Å². The van der Waals surface area contributed by atoms with Crippen LogP contribution in [0.25, 0.3) is 0 Å². The van der Waals surface area contributed by atoms with E-state index in [1.165, 1.54) is 24.8 Å². The normalized spacial score (nSPS) is 19.0. The molecule has 1 aromatic rings. The van der Waals surface area contributed by atoms with E-state index in [0.29, 0.717) is 0 Å². The number of hydrogen-bond acceptors (Lipinski definition) is 2. The van der Waals surface area contributed by atoms with Crippen LogP contribution in [0.1, 0.15) is 37.7 Å². The fraction of sp³-hybridized carbons (Fsp3) is 0.571. The molecule has 2 N–H and O–H groups in total. The molecule has 94 valence electrons. The zero-order chi connectivity index (χ0) is 12.3. The van der Waals surface area contributed by atoms with Crippen LogP contribution in [0.3, 0.4) is 0 Å². The van der Waals surface area contributed by atoms with Gasteiger partial charge in [-0.15, -0.1) is 0 Å². The molecule has 17 heavy (non-hydrogen) atoms. The molecule has 2 nitrogen and oxygen atoms in total. The average molecular weight is 298 g/mol. The molecular weight excluding hydrogens is 278 g/mol. The Kier molecular flexibility index (Phi) is 4.10. The predicted molar refractivity (Wildman–Crippen MR) is 74.4 cm³/mol. The molecule has 3 heteroatoms. The Bertz CT molecular complexity index is 386. The van der Waals surface area contributed by atoms with E-state index < -0.39 is 0 Å². The molecule has 1 aliphatic carbocycles. The van der Waals surface area contributed by atoms with E-state index >= 15 is 0 Å². The highest BCUT2D eigenvalue weighted by Crippen LogP contribution is 2.33. The fourth-order valence-corrected chi connectivity index (χ4v) is 3.11. The van der Waals surface area contributed by atoms with Crippen molar-refractivity contribution >= 4 is 15.9 Å². The number of benzene rings is 1. The van der Waals surface area contributed by atoms with E-state index in [2.05, 4.69) is 22.0 Å². The van der Waals surface area contributed by atoms with Crippen molar-refractivity contribution in [1.82, 2.24) is 0 Å². The molecule has 2 rings (SSSR count). The minimum absolute atomic E-state index is 0.0354. The Morgan fingerprint density at radius 3 is 2.65 bits per heavy atom. The van der Waals surface area contributed by atoms with Gasteiger partial charge in [-0.3, -0.25) is 0 Å². The number of hydrogen-bond donors (Lipinski definition) is 1. The van der Waals surface area contributed by atoms with Crippen LogP contribution in [0.4, 0.5) is 0 Å². The van der Waals surface area contributed by atoms with Crippen molar-refractivity contribution in [3.05, 3.63) is 28.2 Å². The molecule has 0 aromatic heterocycles. The molecule has 0 saturated heterocycles. The highest BCUT2D eigenvalue weighted by Gasteiger charge is 2.28. The van der Waals surface area contributed by atoms with Crippen molar-refractivity contribution < 1.29 is 4.74 Å². The van der Waals surface area contributed by atoms with Crippen LogP contribution in [0.2, 0.25) is 0 Å². The minimum atomic E-state index is -0.0354. The Morgan fingerprint density at radius 1 is 1.29 bits per heavy atom. The van der Waals surface area contributed by atoms with Gasteiger partial charge in [0.1, 0.15) is 5.75 Å². The number of rotatable bonds is 3. The molecule has 0 heterocycles. The Morgan fingerprint density at radius 2 is 2.00 bits per heavy atom. The van der Waals surface area contributed by atoms with Crippen molar-refractivity contribution in [2.45, 2.75) is 44.1 Å². The summed E-state index contributed by atoms with van der Waals surface area (Å²) in [4.78, 5) is 0. The third-order valence-electron chi connectivity index (χ3n) is 3.63. The molecule has 0 amide bonds. The maximum absolute atomic E-state index is 6.49. The van der Waals surface area contributed by atoms with Gasteiger partial charge >= 0.3 is 0 Å². The molecule has 1 saturated carbocycles. The van der Waals surface area contributed by atoms with Crippen molar-refractivity contribution in [2.24, 2.45) is 5.73 Å². The first-order valence-corrected chi connectivity index (χ1v) is 7.04. The lowest BCUT2D eigenvalue weighted by Gasteiger charge is -2.34. The second-order valence-electron chi connectivity index (χ2n) is 5.06. The van der Waals surface area contributed by atoms with Gasteiger partial charge in [-0.05, 0) is 43.0 Å². The summed E-state index contributed by atoms with van der Waals surface area (Å²) in [6, 6.07) is 6.14. The molecule has 0 radical (unpaired) electrons. The van der Waals surface area contributed by atoms with Gasteiger partial charge in [-0.25, -0.2) is 0 Å². The topological polar surface area (TPSA) is 35.2 Å². The zero-order valence-electron chi connectivity index (χ0n) is 10.3. The summed E-state index contributed by atoms with van der Waals surface area (Å²) in [7, 11) is 1.72. The highest BCUT2D eigenvalue weighted by atomic mass is 79.9. The number of ether oxygens (including phenoxy) is 1. The largest absolute Gasteiger partial charge is 0.496 e. The van der Waals surface area contributed by atoms with E-state index in [9.17, 15) is 0 Å². The Labute approximate surface area is 112 Å². The van der Waals surface area contributed by atoms with Crippen molar-refractivity contribution in [3.8, 4) is 5.75 Å². The molecule has 1 fully saturated rings. The zero-order valence-corrected chi connectivity index (χ0v) is 11.9. The molecular formula is C14H20BrNO. The summed E-state index contributed by atoms with van der Waals surface area (Å²) in [6.45, 7) is 0. The number of methoxy groups -OCH3 is 1. The lowest BCUT2D eigenvalue weighted by molar-refractivity contribution is 0.290. The summed E-state index contributed by atoms with van der Waals surface area (Å²) >= 11 is 3.51. The smallest absolute Gasteiger partial charge is 0.122 e. The number of nitrogens with two attached hydrogens (primary N) is 1. The molecule has 0 atom stereocenters. The van der Waals surface area contributed by atoms with Crippen molar-refractivity contribution in [1.29, 1.82) is 0 Å². The van der Waals surface area contributed by atoms with Crippen LogP contribution in [0, 0.1) is 0 Å². The molecule has 0 unspecified atom stereocenters. The second kappa shape index (κ2) is 5.40. The van der Waals surface area contributed by atoms with Crippen molar-refractivity contribution in [3.63, 3.8) is 0 Å². The van der Waals surface area contributed by atoms with Crippen LogP contribution in [0.5, 0.6) is 5.75 Å². The van der Waals surface area contributed by atoms with Gasteiger partial charge in [0.15, 0.2) is 0 Å². The Balaban J connectivity index is 2.19. The van der Waals surface area contributed by atoms with E-state index in [4.69, 9.17) is 10.5 Å². The van der Waals surface area contributed by atoms with Gasteiger partial charge < -0.3 is 10.5 Å². The predicted octanol–water partition coefficient (Wildman–Crippen LogP) is 3.66. The number of halogens is 1. The average Bonchev–Trinajstić information content (AvgIpc) is 2.29. The minimum Gasteiger partial charge on any atom is -0.496 e. The third-order valence-corrected chi connectivity index (χ3v) is 4.13. The summed E-state index contributed by atoms with van der Waals surface area (Å²) < 4.78 is 6.50. The van der Waals surface area contributed by atoms with E-state index in [0.717, 1.165) is 29.5 Å². The van der Waals surface area contributed by atoms with Crippen LogP contribution in [-0.4, -0.2) is 12.6 Å². The quantitative estimate of drug-likeness (QED) is 0.924. The monoisotopic (exact) mass is 297 g/mol. The molecule has 1 aliphatic rings. The lowest BCUT2D eigenvalue weighted by atomic mass is 9.78. The van der Waals surface area contributed by atoms with Crippen molar-refractivity contribution in [2.75, 3.05) is 7.11 Å². The van der Waals surface area contributed by atoms with Gasteiger partial charge in [0.25, 0.3) is 0 Å². The molecule has 0 spiro atoms. The summed E-state index contributed by atoms with van der Waals surface area (Å²) in [5.74, 6) is 0.948.